The summed E-state index contributed by atoms with van der Waals surface area (Å²) in [5, 5.41) is 10.5. The molecule has 17 heavy (non-hydrogen) atoms. The van der Waals surface area contributed by atoms with Gasteiger partial charge >= 0.3 is 5.97 Å². The quantitative estimate of drug-likeness (QED) is 0.852. The van der Waals surface area contributed by atoms with E-state index in [0.29, 0.717) is 16.0 Å². The van der Waals surface area contributed by atoms with Crippen LogP contribution < -0.4 is 0 Å². The Morgan fingerprint density at radius 3 is 2.65 bits per heavy atom. The van der Waals surface area contributed by atoms with E-state index in [1.165, 1.54) is 23.5 Å². The number of carboxylic acid groups (broad SMARTS) is 1. The van der Waals surface area contributed by atoms with Crippen LogP contribution in [0.3, 0.4) is 0 Å². The van der Waals surface area contributed by atoms with Crippen LogP contribution in [-0.2, 0) is 0 Å². The lowest BCUT2D eigenvalue weighted by Gasteiger charge is -2.01. The van der Waals surface area contributed by atoms with Crippen LogP contribution in [0.2, 0.25) is 0 Å². The van der Waals surface area contributed by atoms with Crippen molar-refractivity contribution in [2.24, 2.45) is 0 Å². The Morgan fingerprint density at radius 2 is 2.06 bits per heavy atom. The predicted molar refractivity (Wildman–Crippen MR) is 62.1 cm³/mol. The molecule has 1 aromatic carbocycles. The van der Waals surface area contributed by atoms with E-state index in [-0.39, 0.29) is 5.56 Å². The zero-order valence-corrected chi connectivity index (χ0v) is 9.33. The lowest BCUT2D eigenvalue weighted by molar-refractivity contribution is 0.0692. The number of halogens is 1. The highest BCUT2D eigenvalue weighted by Gasteiger charge is 2.12. The number of benzene rings is 1. The van der Waals surface area contributed by atoms with Gasteiger partial charge in [-0.15, -0.1) is 11.3 Å². The molecule has 0 aliphatic carbocycles. The number of carbonyl (C=O) groups is 2. The number of aromatic carboxylic acids is 1. The second-order valence-corrected chi connectivity index (χ2v) is 4.30. The first kappa shape index (κ1) is 11.5. The minimum atomic E-state index is -1.31. The van der Waals surface area contributed by atoms with Crippen LogP contribution in [0.5, 0.6) is 0 Å². The van der Waals surface area contributed by atoms with Crippen LogP contribution in [0.25, 0.3) is 11.1 Å². The van der Waals surface area contributed by atoms with E-state index in [2.05, 4.69) is 0 Å². The number of thiophene rings is 1. The van der Waals surface area contributed by atoms with Gasteiger partial charge in [-0.1, -0.05) is 6.07 Å². The second-order valence-electron chi connectivity index (χ2n) is 3.36. The Labute approximate surface area is 100 Å². The number of hydrogen-bond acceptors (Lipinski definition) is 3. The highest BCUT2D eigenvalue weighted by molar-refractivity contribution is 7.12. The molecule has 0 saturated carbocycles. The maximum Gasteiger partial charge on any atom is 0.338 e. The zero-order valence-electron chi connectivity index (χ0n) is 8.51. The smallest absolute Gasteiger partial charge is 0.338 e. The molecule has 1 heterocycles. The van der Waals surface area contributed by atoms with E-state index in [4.69, 9.17) is 5.11 Å². The van der Waals surface area contributed by atoms with E-state index in [1.807, 2.05) is 0 Å². The molecule has 86 valence electrons. The van der Waals surface area contributed by atoms with Gasteiger partial charge < -0.3 is 5.11 Å². The normalized spacial score (nSPS) is 10.2. The van der Waals surface area contributed by atoms with Gasteiger partial charge in [0.15, 0.2) is 6.29 Å². The minimum Gasteiger partial charge on any atom is -0.478 e. The molecule has 0 bridgehead atoms. The fourth-order valence-corrected chi connectivity index (χ4v) is 2.15. The summed E-state index contributed by atoms with van der Waals surface area (Å²) in [4.78, 5) is 21.9. The van der Waals surface area contributed by atoms with E-state index in [0.717, 1.165) is 12.4 Å². The van der Waals surface area contributed by atoms with Crippen molar-refractivity contribution < 1.29 is 19.1 Å². The summed E-state index contributed by atoms with van der Waals surface area (Å²) >= 11 is 1.25. The van der Waals surface area contributed by atoms with Gasteiger partial charge in [-0.2, -0.15) is 0 Å². The summed E-state index contributed by atoms with van der Waals surface area (Å²) in [6.45, 7) is 0. The maximum absolute atomic E-state index is 13.2. The Hall–Kier alpha value is -2.01. The SMILES string of the molecule is O=Cc1cc(-c2ccc(F)c(C(=O)O)c2)cs1. The molecule has 0 atom stereocenters. The van der Waals surface area contributed by atoms with Gasteiger partial charge in [0.1, 0.15) is 5.82 Å². The Morgan fingerprint density at radius 1 is 1.29 bits per heavy atom. The highest BCUT2D eigenvalue weighted by Crippen LogP contribution is 2.26. The van der Waals surface area contributed by atoms with Crippen molar-refractivity contribution in [3.8, 4) is 11.1 Å². The molecule has 0 spiro atoms. The molecule has 5 heteroatoms. The molecule has 0 radical (unpaired) electrons. The Kier molecular flexibility index (Phi) is 3.01. The van der Waals surface area contributed by atoms with Gasteiger partial charge in [-0.25, -0.2) is 9.18 Å². The average Bonchev–Trinajstić information content (AvgIpc) is 2.78. The molecule has 3 nitrogen and oxygen atoms in total. The van der Waals surface area contributed by atoms with E-state index in [9.17, 15) is 14.0 Å². The van der Waals surface area contributed by atoms with Crippen molar-refractivity contribution >= 4 is 23.6 Å². The first-order valence-electron chi connectivity index (χ1n) is 4.68. The zero-order chi connectivity index (χ0) is 12.4. The van der Waals surface area contributed by atoms with Crippen molar-refractivity contribution in [2.45, 2.75) is 0 Å². The summed E-state index contributed by atoms with van der Waals surface area (Å²) < 4.78 is 13.2. The monoisotopic (exact) mass is 250 g/mol. The summed E-state index contributed by atoms with van der Waals surface area (Å²) in [5.74, 6) is -2.08. The molecule has 0 saturated heterocycles. The van der Waals surface area contributed by atoms with E-state index >= 15 is 0 Å². The van der Waals surface area contributed by atoms with Crippen LogP contribution >= 0.6 is 11.3 Å². The van der Waals surface area contributed by atoms with Crippen LogP contribution in [-0.4, -0.2) is 17.4 Å². The van der Waals surface area contributed by atoms with Crippen LogP contribution in [0.15, 0.2) is 29.6 Å². The summed E-state index contributed by atoms with van der Waals surface area (Å²) in [6.07, 6.45) is 0.718. The van der Waals surface area contributed by atoms with Crippen LogP contribution in [0.4, 0.5) is 4.39 Å². The van der Waals surface area contributed by atoms with Crippen molar-refractivity contribution in [3.63, 3.8) is 0 Å². The van der Waals surface area contributed by atoms with E-state index in [1.54, 1.807) is 11.4 Å². The Bertz CT molecular complexity index is 589. The van der Waals surface area contributed by atoms with Gasteiger partial charge in [-0.3, -0.25) is 4.79 Å². The summed E-state index contributed by atoms with van der Waals surface area (Å²) in [6, 6.07) is 5.49. The van der Waals surface area contributed by atoms with Crippen molar-refractivity contribution in [3.05, 3.63) is 45.9 Å². The average molecular weight is 250 g/mol. The van der Waals surface area contributed by atoms with E-state index < -0.39 is 11.8 Å². The molecule has 0 amide bonds. The lowest BCUT2D eigenvalue weighted by Crippen LogP contribution is -2.00. The van der Waals surface area contributed by atoms with Crippen LogP contribution in [0, 0.1) is 5.82 Å². The summed E-state index contributed by atoms with van der Waals surface area (Å²) in [5.41, 5.74) is 0.911. The van der Waals surface area contributed by atoms with Gasteiger partial charge in [0, 0.05) is 0 Å². The molecule has 1 aromatic heterocycles. The van der Waals surface area contributed by atoms with Gasteiger partial charge in [0.2, 0.25) is 0 Å². The van der Waals surface area contributed by atoms with Crippen molar-refractivity contribution in [2.75, 3.05) is 0 Å². The van der Waals surface area contributed by atoms with Crippen molar-refractivity contribution in [1.29, 1.82) is 0 Å². The van der Waals surface area contributed by atoms with Gasteiger partial charge in [0.05, 0.1) is 10.4 Å². The molecule has 0 fully saturated rings. The maximum atomic E-state index is 13.2. The fourth-order valence-electron chi connectivity index (χ4n) is 1.43. The highest BCUT2D eigenvalue weighted by atomic mass is 32.1. The molecule has 2 rings (SSSR count). The van der Waals surface area contributed by atoms with Gasteiger partial charge in [0.25, 0.3) is 0 Å². The number of hydrogen-bond donors (Lipinski definition) is 1. The standard InChI is InChI=1S/C12H7FO3S/c13-11-2-1-7(4-10(11)12(15)16)8-3-9(5-14)17-6-8/h1-6H,(H,15,16). The molecule has 0 unspecified atom stereocenters. The predicted octanol–water partition coefficient (Wildman–Crippen LogP) is 3.06. The molecule has 1 N–H and O–H groups in total. The first-order valence-corrected chi connectivity index (χ1v) is 5.56. The third-order valence-electron chi connectivity index (χ3n) is 2.27. The van der Waals surface area contributed by atoms with Gasteiger partial charge in [-0.05, 0) is 34.7 Å². The topological polar surface area (TPSA) is 54.4 Å². The number of aldehydes is 1. The third-order valence-corrected chi connectivity index (χ3v) is 3.12. The molecular formula is C12H7FO3S. The largest absolute Gasteiger partial charge is 0.478 e. The Balaban J connectivity index is 2.49. The fraction of sp³-hybridized carbons (Fsp3) is 0. The number of rotatable bonds is 3. The lowest BCUT2D eigenvalue weighted by atomic mass is 10.1. The van der Waals surface area contributed by atoms with Crippen molar-refractivity contribution in [1.82, 2.24) is 0 Å². The number of carboxylic acids is 1. The second kappa shape index (κ2) is 4.47. The molecule has 0 aliphatic heterocycles. The van der Waals surface area contributed by atoms with Crippen LogP contribution in [0.1, 0.15) is 20.0 Å². The number of carbonyl (C=O) groups excluding carboxylic acids is 1. The molecular weight excluding hydrogens is 243 g/mol. The molecule has 2 aromatic rings. The minimum absolute atomic E-state index is 0.374. The summed E-state index contributed by atoms with van der Waals surface area (Å²) in [7, 11) is 0. The first-order chi connectivity index (χ1) is 8.11. The molecule has 0 aliphatic rings. The third kappa shape index (κ3) is 2.24.